The van der Waals surface area contributed by atoms with E-state index in [1.165, 1.54) is 11.8 Å². The minimum Gasteiger partial charge on any atom is -0.390 e. The molecule has 1 N–H and O–H groups in total. The number of imidazole rings is 1. The highest BCUT2D eigenvalue weighted by atomic mass is 32.2. The first-order valence-electron chi connectivity index (χ1n) is 7.60. The zero-order valence-electron chi connectivity index (χ0n) is 13.8. The number of hydrogen-bond donors (Lipinski definition) is 1. The minimum atomic E-state index is -0.0515. The summed E-state index contributed by atoms with van der Waals surface area (Å²) in [6.45, 7) is 4.61. The molecule has 5 nitrogen and oxygen atoms in total. The molecular formula is C17H23N3O2S. The standard InChI is InChI=1S/C17H23N3O2S/c1-13(2)20(10-14-7-5-4-6-8-14)16(22)12-23-17-18-9-15(11-21)19(17)3/h4-9,13,21H,10-12H2,1-3H3. The van der Waals surface area contributed by atoms with Crippen LogP contribution < -0.4 is 0 Å². The Bertz CT molecular complexity index is 641. The fourth-order valence-electron chi connectivity index (χ4n) is 2.25. The predicted octanol–water partition coefficient (Wildman–Crippen LogP) is 2.44. The van der Waals surface area contributed by atoms with Gasteiger partial charge in [-0.2, -0.15) is 0 Å². The van der Waals surface area contributed by atoms with Crippen LogP contribution in [0.5, 0.6) is 0 Å². The number of carbonyl (C=O) groups excluding carboxylic acids is 1. The summed E-state index contributed by atoms with van der Waals surface area (Å²) in [6, 6.07) is 10.1. The van der Waals surface area contributed by atoms with Gasteiger partial charge >= 0.3 is 0 Å². The van der Waals surface area contributed by atoms with E-state index >= 15 is 0 Å². The summed E-state index contributed by atoms with van der Waals surface area (Å²) in [5, 5.41) is 9.93. The highest BCUT2D eigenvalue weighted by Crippen LogP contribution is 2.19. The Balaban J connectivity index is 1.99. The number of aromatic nitrogens is 2. The van der Waals surface area contributed by atoms with Crippen molar-refractivity contribution in [3.63, 3.8) is 0 Å². The van der Waals surface area contributed by atoms with Gasteiger partial charge in [-0.1, -0.05) is 42.1 Å². The zero-order chi connectivity index (χ0) is 16.8. The molecule has 0 unspecified atom stereocenters. The molecule has 6 heteroatoms. The van der Waals surface area contributed by atoms with Crippen LogP contribution >= 0.6 is 11.8 Å². The highest BCUT2D eigenvalue weighted by molar-refractivity contribution is 7.99. The zero-order valence-corrected chi connectivity index (χ0v) is 14.6. The first kappa shape index (κ1) is 17.6. The average Bonchev–Trinajstić information content (AvgIpc) is 2.91. The summed E-state index contributed by atoms with van der Waals surface area (Å²) in [4.78, 5) is 18.7. The maximum atomic E-state index is 12.6. The molecule has 0 aliphatic heterocycles. The quantitative estimate of drug-likeness (QED) is 0.791. The second-order valence-electron chi connectivity index (χ2n) is 5.64. The number of benzene rings is 1. The lowest BCUT2D eigenvalue weighted by atomic mass is 10.2. The van der Waals surface area contributed by atoms with Crippen molar-refractivity contribution in [3.05, 3.63) is 47.8 Å². The highest BCUT2D eigenvalue weighted by Gasteiger charge is 2.18. The van der Waals surface area contributed by atoms with E-state index in [4.69, 9.17) is 0 Å². The SMILES string of the molecule is CC(C)N(Cc1ccccc1)C(=O)CSc1ncc(CO)n1C. The van der Waals surface area contributed by atoms with Gasteiger partial charge < -0.3 is 14.6 Å². The lowest BCUT2D eigenvalue weighted by Gasteiger charge is -2.26. The van der Waals surface area contributed by atoms with Crippen molar-refractivity contribution in [2.45, 2.75) is 38.2 Å². The molecule has 0 atom stereocenters. The summed E-state index contributed by atoms with van der Waals surface area (Å²) < 4.78 is 1.81. The molecule has 0 bridgehead atoms. The third kappa shape index (κ3) is 4.59. The Labute approximate surface area is 141 Å². The largest absolute Gasteiger partial charge is 0.390 e. The Kier molecular flexibility index (Phi) is 6.24. The molecule has 0 saturated heterocycles. The monoisotopic (exact) mass is 333 g/mol. The van der Waals surface area contributed by atoms with Gasteiger partial charge in [0.15, 0.2) is 5.16 Å². The van der Waals surface area contributed by atoms with Crippen LogP contribution in [0.25, 0.3) is 0 Å². The first-order chi connectivity index (χ1) is 11.0. The number of carbonyl (C=O) groups is 1. The summed E-state index contributed by atoms with van der Waals surface area (Å²) >= 11 is 1.40. The van der Waals surface area contributed by atoms with Gasteiger partial charge in [-0.3, -0.25) is 4.79 Å². The van der Waals surface area contributed by atoms with E-state index in [1.807, 2.05) is 60.7 Å². The normalized spacial score (nSPS) is 11.0. The van der Waals surface area contributed by atoms with E-state index < -0.39 is 0 Å². The lowest BCUT2D eigenvalue weighted by Crippen LogP contribution is -2.37. The smallest absolute Gasteiger partial charge is 0.233 e. The minimum absolute atomic E-state index is 0.0515. The molecule has 0 spiro atoms. The van der Waals surface area contributed by atoms with Crippen molar-refractivity contribution in [2.75, 3.05) is 5.75 Å². The van der Waals surface area contributed by atoms with E-state index in [0.29, 0.717) is 12.3 Å². The summed E-state index contributed by atoms with van der Waals surface area (Å²) in [7, 11) is 1.84. The van der Waals surface area contributed by atoms with Crippen molar-refractivity contribution >= 4 is 17.7 Å². The van der Waals surface area contributed by atoms with Crippen molar-refractivity contribution in [2.24, 2.45) is 7.05 Å². The topological polar surface area (TPSA) is 58.4 Å². The van der Waals surface area contributed by atoms with Crippen LogP contribution in [-0.2, 0) is 25.0 Å². The Hall–Kier alpha value is -1.79. The third-order valence-electron chi connectivity index (χ3n) is 3.67. The van der Waals surface area contributed by atoms with Crippen molar-refractivity contribution in [1.29, 1.82) is 0 Å². The Morgan fingerprint density at radius 1 is 1.35 bits per heavy atom. The van der Waals surface area contributed by atoms with Gasteiger partial charge in [-0.15, -0.1) is 0 Å². The van der Waals surface area contributed by atoms with E-state index in [2.05, 4.69) is 4.98 Å². The molecule has 0 saturated carbocycles. The van der Waals surface area contributed by atoms with Crippen LogP contribution in [-0.4, -0.2) is 37.3 Å². The molecular weight excluding hydrogens is 310 g/mol. The molecule has 124 valence electrons. The number of nitrogens with zero attached hydrogens (tertiary/aromatic N) is 3. The molecule has 2 aromatic rings. The van der Waals surface area contributed by atoms with Gasteiger partial charge in [0.05, 0.1) is 24.3 Å². The van der Waals surface area contributed by atoms with Crippen LogP contribution in [0.1, 0.15) is 25.1 Å². The first-order valence-corrected chi connectivity index (χ1v) is 8.59. The molecule has 0 aliphatic rings. The molecule has 1 amide bonds. The predicted molar refractivity (Wildman–Crippen MR) is 92.0 cm³/mol. The van der Waals surface area contributed by atoms with Gasteiger partial charge in [0.25, 0.3) is 0 Å². The van der Waals surface area contributed by atoms with E-state index in [1.54, 1.807) is 6.20 Å². The summed E-state index contributed by atoms with van der Waals surface area (Å²) in [5.74, 6) is 0.420. The number of thioether (sulfide) groups is 1. The van der Waals surface area contributed by atoms with Crippen LogP contribution in [0, 0.1) is 0 Å². The van der Waals surface area contributed by atoms with E-state index in [-0.39, 0.29) is 18.6 Å². The van der Waals surface area contributed by atoms with E-state index in [0.717, 1.165) is 16.4 Å². The van der Waals surface area contributed by atoms with Crippen molar-refractivity contribution in [3.8, 4) is 0 Å². The Morgan fingerprint density at radius 3 is 2.61 bits per heavy atom. The van der Waals surface area contributed by atoms with Crippen molar-refractivity contribution in [1.82, 2.24) is 14.5 Å². The fraction of sp³-hybridized carbons (Fsp3) is 0.412. The maximum absolute atomic E-state index is 12.6. The average molecular weight is 333 g/mol. The second-order valence-corrected chi connectivity index (χ2v) is 6.58. The maximum Gasteiger partial charge on any atom is 0.233 e. The van der Waals surface area contributed by atoms with Crippen molar-refractivity contribution < 1.29 is 9.90 Å². The van der Waals surface area contributed by atoms with Crippen LogP contribution in [0.15, 0.2) is 41.7 Å². The number of aliphatic hydroxyl groups is 1. The molecule has 1 aromatic heterocycles. The molecule has 2 rings (SSSR count). The molecule has 0 fully saturated rings. The second kappa shape index (κ2) is 8.17. The summed E-state index contributed by atoms with van der Waals surface area (Å²) in [5.41, 5.74) is 1.86. The summed E-state index contributed by atoms with van der Waals surface area (Å²) in [6.07, 6.45) is 1.64. The van der Waals surface area contributed by atoms with Crippen LogP contribution in [0.2, 0.25) is 0 Å². The molecule has 1 aromatic carbocycles. The van der Waals surface area contributed by atoms with Crippen LogP contribution in [0.4, 0.5) is 0 Å². The molecule has 1 heterocycles. The fourth-order valence-corrected chi connectivity index (χ4v) is 3.11. The molecule has 23 heavy (non-hydrogen) atoms. The third-order valence-corrected chi connectivity index (χ3v) is 4.70. The van der Waals surface area contributed by atoms with Gasteiger partial charge in [0, 0.05) is 19.6 Å². The van der Waals surface area contributed by atoms with Gasteiger partial charge in [0.2, 0.25) is 5.91 Å². The van der Waals surface area contributed by atoms with Gasteiger partial charge in [-0.25, -0.2) is 4.98 Å². The van der Waals surface area contributed by atoms with E-state index in [9.17, 15) is 9.90 Å². The number of aliphatic hydroxyl groups excluding tert-OH is 1. The number of rotatable bonds is 7. The molecule has 0 aliphatic carbocycles. The van der Waals surface area contributed by atoms with Gasteiger partial charge in [-0.05, 0) is 19.4 Å². The Morgan fingerprint density at radius 2 is 2.04 bits per heavy atom. The lowest BCUT2D eigenvalue weighted by molar-refractivity contribution is -0.130. The van der Waals surface area contributed by atoms with Crippen LogP contribution in [0.3, 0.4) is 0 Å². The molecule has 0 radical (unpaired) electrons. The van der Waals surface area contributed by atoms with Gasteiger partial charge in [0.1, 0.15) is 0 Å². The number of hydrogen-bond acceptors (Lipinski definition) is 4. The number of amides is 1.